The maximum absolute atomic E-state index is 5.96. The normalized spacial score (nSPS) is 13.3. The first-order chi connectivity index (χ1) is 16.2. The Hall–Kier alpha value is -3.70. The molecule has 4 nitrogen and oxygen atoms in total. The highest BCUT2D eigenvalue weighted by molar-refractivity contribution is 9.10. The van der Waals surface area contributed by atoms with Gasteiger partial charge in [-0.15, -0.1) is 0 Å². The molecule has 1 aliphatic carbocycles. The molecule has 0 aliphatic heterocycles. The fourth-order valence-electron chi connectivity index (χ4n) is 4.58. The predicted molar refractivity (Wildman–Crippen MR) is 136 cm³/mol. The number of oxime groups is 1. The van der Waals surface area contributed by atoms with Crippen molar-refractivity contribution in [1.82, 2.24) is 4.98 Å². The van der Waals surface area contributed by atoms with Crippen molar-refractivity contribution in [3.05, 3.63) is 106 Å². The Bertz CT molecular complexity index is 1570. The molecule has 0 atom stereocenters. The van der Waals surface area contributed by atoms with E-state index in [-0.39, 0.29) is 0 Å². The number of hydrogen-bond donors (Lipinski definition) is 0. The number of aromatic nitrogens is 1. The molecule has 0 saturated heterocycles. The third-order valence-electron chi connectivity index (χ3n) is 6.05. The Morgan fingerprint density at radius 1 is 0.818 bits per heavy atom. The van der Waals surface area contributed by atoms with Crippen LogP contribution >= 0.6 is 15.9 Å². The summed E-state index contributed by atoms with van der Waals surface area (Å²) in [7, 11) is 1.64. The smallest absolute Gasteiger partial charge is 0.224 e. The van der Waals surface area contributed by atoms with Gasteiger partial charge in [0.25, 0.3) is 0 Å². The Morgan fingerprint density at radius 3 is 2.48 bits per heavy atom. The van der Waals surface area contributed by atoms with Crippen LogP contribution in [0.4, 0.5) is 0 Å². The summed E-state index contributed by atoms with van der Waals surface area (Å²) in [5.74, 6) is 0.545. The second kappa shape index (κ2) is 8.01. The van der Waals surface area contributed by atoms with E-state index < -0.39 is 0 Å². The van der Waals surface area contributed by atoms with E-state index in [1.54, 1.807) is 7.11 Å². The molecule has 0 unspecified atom stereocenters. The molecule has 5 aromatic rings. The lowest BCUT2D eigenvalue weighted by Gasteiger charge is -2.11. The quantitative estimate of drug-likeness (QED) is 0.245. The molecule has 0 fully saturated rings. The Balaban J connectivity index is 1.49. The van der Waals surface area contributed by atoms with Gasteiger partial charge in [-0.2, -0.15) is 0 Å². The summed E-state index contributed by atoms with van der Waals surface area (Å²) in [6.45, 7) is 0.372. The summed E-state index contributed by atoms with van der Waals surface area (Å²) in [4.78, 5) is 10.7. The Labute approximate surface area is 199 Å². The minimum Gasteiger partial charge on any atom is -0.480 e. The first-order valence-electron chi connectivity index (χ1n) is 10.7. The molecular weight excluding hydrogens is 476 g/mol. The van der Waals surface area contributed by atoms with Gasteiger partial charge in [-0.1, -0.05) is 87.8 Å². The van der Waals surface area contributed by atoms with Gasteiger partial charge < -0.3 is 9.57 Å². The molecule has 0 saturated carbocycles. The zero-order chi connectivity index (χ0) is 22.4. The summed E-state index contributed by atoms with van der Waals surface area (Å²) < 4.78 is 6.72. The molecular formula is C28H19BrN2O2. The van der Waals surface area contributed by atoms with Crippen molar-refractivity contribution in [2.24, 2.45) is 5.16 Å². The van der Waals surface area contributed by atoms with Gasteiger partial charge in [0.15, 0.2) is 0 Å². The van der Waals surface area contributed by atoms with Gasteiger partial charge in [0, 0.05) is 21.0 Å². The number of methoxy groups -OCH3 is 1. The zero-order valence-corrected chi connectivity index (χ0v) is 19.5. The Morgan fingerprint density at radius 2 is 1.61 bits per heavy atom. The minimum atomic E-state index is 0.372. The maximum Gasteiger partial charge on any atom is 0.224 e. The van der Waals surface area contributed by atoms with Crippen LogP contribution in [0.5, 0.6) is 5.88 Å². The van der Waals surface area contributed by atoms with Gasteiger partial charge >= 0.3 is 0 Å². The van der Waals surface area contributed by atoms with Crippen LogP contribution in [0.1, 0.15) is 16.7 Å². The summed E-state index contributed by atoms with van der Waals surface area (Å²) in [6, 6.07) is 28.8. The fraction of sp³-hybridized carbons (Fsp3) is 0.0714. The van der Waals surface area contributed by atoms with E-state index >= 15 is 0 Å². The van der Waals surface area contributed by atoms with Crippen molar-refractivity contribution >= 4 is 43.3 Å². The minimum absolute atomic E-state index is 0.372. The standard InChI is InChI=1S/C28H19BrN2O2/c1-32-28-26-25(23-15-19(29)13-14-24(23)30-28)21-11-4-5-12-22(21)27(26)31-33-16-18-9-6-8-17-7-2-3-10-20(17)18/h2-15H,16H2,1H3/b31-27+. The number of hydrogen-bond acceptors (Lipinski definition) is 4. The molecule has 0 amide bonds. The molecule has 0 spiro atoms. The van der Waals surface area contributed by atoms with E-state index in [0.717, 1.165) is 48.9 Å². The van der Waals surface area contributed by atoms with E-state index in [1.807, 2.05) is 42.5 Å². The molecule has 1 aromatic heterocycles. The van der Waals surface area contributed by atoms with Gasteiger partial charge in [0.05, 0.1) is 18.2 Å². The highest BCUT2D eigenvalue weighted by atomic mass is 79.9. The second-order valence-corrected chi connectivity index (χ2v) is 8.85. The molecule has 6 rings (SSSR count). The summed E-state index contributed by atoms with van der Waals surface area (Å²) in [5, 5.41) is 8.03. The fourth-order valence-corrected chi connectivity index (χ4v) is 4.94. The average molecular weight is 495 g/mol. The molecule has 0 N–H and O–H groups in total. The highest BCUT2D eigenvalue weighted by Gasteiger charge is 2.32. The van der Waals surface area contributed by atoms with Crippen LogP contribution in [0.3, 0.4) is 0 Å². The molecule has 1 aliphatic rings. The van der Waals surface area contributed by atoms with Crippen LogP contribution in [0, 0.1) is 0 Å². The van der Waals surface area contributed by atoms with Crippen molar-refractivity contribution in [2.45, 2.75) is 6.61 Å². The van der Waals surface area contributed by atoms with Crippen LogP contribution in [0.15, 0.2) is 94.6 Å². The molecule has 1 heterocycles. The van der Waals surface area contributed by atoms with E-state index in [0.29, 0.717) is 12.5 Å². The van der Waals surface area contributed by atoms with Gasteiger partial charge in [-0.25, -0.2) is 4.98 Å². The molecule has 4 aromatic carbocycles. The summed E-state index contributed by atoms with van der Waals surface area (Å²) in [6.07, 6.45) is 0. The number of ether oxygens (including phenoxy) is 1. The summed E-state index contributed by atoms with van der Waals surface area (Å²) in [5.41, 5.74) is 6.76. The average Bonchev–Trinajstić information content (AvgIpc) is 3.19. The molecule has 0 bridgehead atoms. The van der Waals surface area contributed by atoms with Crippen LogP contribution in [-0.2, 0) is 11.4 Å². The second-order valence-electron chi connectivity index (χ2n) is 7.93. The first kappa shape index (κ1) is 19.9. The lowest BCUT2D eigenvalue weighted by atomic mass is 10.0. The van der Waals surface area contributed by atoms with Crippen molar-refractivity contribution < 1.29 is 9.57 Å². The Kier molecular flexibility index (Phi) is 4.84. The number of rotatable bonds is 4. The number of nitrogens with zero attached hydrogens (tertiary/aromatic N) is 2. The SMILES string of the molecule is COc1nc2ccc(Br)cc2c2c1/C(=N/OCc1cccc3ccccc13)c1ccccc1-2. The van der Waals surface area contributed by atoms with Gasteiger partial charge in [0.2, 0.25) is 5.88 Å². The van der Waals surface area contributed by atoms with Crippen molar-refractivity contribution in [1.29, 1.82) is 0 Å². The lowest BCUT2D eigenvalue weighted by Crippen LogP contribution is -2.04. The van der Waals surface area contributed by atoms with Crippen LogP contribution in [-0.4, -0.2) is 17.8 Å². The zero-order valence-electron chi connectivity index (χ0n) is 17.9. The van der Waals surface area contributed by atoms with E-state index in [4.69, 9.17) is 14.6 Å². The van der Waals surface area contributed by atoms with Gasteiger partial charge in [0.1, 0.15) is 12.3 Å². The van der Waals surface area contributed by atoms with Gasteiger partial charge in [-0.05, 0) is 40.1 Å². The van der Waals surface area contributed by atoms with Gasteiger partial charge in [-0.3, -0.25) is 0 Å². The topological polar surface area (TPSA) is 43.7 Å². The van der Waals surface area contributed by atoms with E-state index in [1.165, 1.54) is 10.8 Å². The lowest BCUT2D eigenvalue weighted by molar-refractivity contribution is 0.132. The molecule has 33 heavy (non-hydrogen) atoms. The molecule has 5 heteroatoms. The third kappa shape index (κ3) is 3.28. The van der Waals surface area contributed by atoms with E-state index in [9.17, 15) is 0 Å². The molecule has 0 radical (unpaired) electrons. The largest absolute Gasteiger partial charge is 0.480 e. The predicted octanol–water partition coefficient (Wildman–Crippen LogP) is 7.11. The number of pyridine rings is 1. The van der Waals surface area contributed by atoms with Crippen LogP contribution < -0.4 is 4.74 Å². The third-order valence-corrected chi connectivity index (χ3v) is 6.54. The monoisotopic (exact) mass is 494 g/mol. The van der Waals surface area contributed by atoms with Crippen LogP contribution in [0.25, 0.3) is 32.8 Å². The number of fused-ring (bicyclic) bond motifs is 6. The number of benzene rings is 4. The van der Waals surface area contributed by atoms with Crippen molar-refractivity contribution in [2.75, 3.05) is 7.11 Å². The van der Waals surface area contributed by atoms with Crippen molar-refractivity contribution in [3.63, 3.8) is 0 Å². The highest BCUT2D eigenvalue weighted by Crippen LogP contribution is 2.45. The maximum atomic E-state index is 5.96. The van der Waals surface area contributed by atoms with Crippen LogP contribution in [0.2, 0.25) is 0 Å². The molecule has 160 valence electrons. The van der Waals surface area contributed by atoms with Crippen molar-refractivity contribution in [3.8, 4) is 17.0 Å². The first-order valence-corrected chi connectivity index (χ1v) is 11.5. The van der Waals surface area contributed by atoms with E-state index in [2.05, 4.69) is 63.6 Å². The summed E-state index contributed by atoms with van der Waals surface area (Å²) >= 11 is 3.60. The number of halogens is 1.